The van der Waals surface area contributed by atoms with Crippen LogP contribution in [0.25, 0.3) is 5.69 Å². The number of likely N-dealkylation sites (N-methyl/N-ethyl adjacent to an activating group) is 1. The minimum atomic E-state index is 0.979. The number of hydrogen-bond acceptors (Lipinski definition) is 2. The molecular formula is C13H16BrN3. The lowest BCUT2D eigenvalue weighted by molar-refractivity contribution is 0.784. The highest BCUT2D eigenvalue weighted by Crippen LogP contribution is 2.17. The summed E-state index contributed by atoms with van der Waals surface area (Å²) in [6, 6.07) is 8.19. The van der Waals surface area contributed by atoms with E-state index in [-0.39, 0.29) is 0 Å². The van der Waals surface area contributed by atoms with Crippen LogP contribution in [0.4, 0.5) is 0 Å². The molecule has 4 heteroatoms. The molecule has 0 bridgehead atoms. The molecule has 1 N–H and O–H groups in total. The van der Waals surface area contributed by atoms with E-state index in [1.54, 1.807) is 0 Å². The number of rotatable bonds is 4. The van der Waals surface area contributed by atoms with Gasteiger partial charge in [0.2, 0.25) is 0 Å². The van der Waals surface area contributed by atoms with Gasteiger partial charge in [0, 0.05) is 10.2 Å². The smallest absolute Gasteiger partial charge is 0.0649 e. The lowest BCUT2D eigenvalue weighted by Crippen LogP contribution is -2.10. The normalized spacial score (nSPS) is 10.8. The molecule has 0 aliphatic rings. The first-order valence-corrected chi connectivity index (χ1v) is 6.45. The van der Waals surface area contributed by atoms with Crippen molar-refractivity contribution in [1.29, 1.82) is 0 Å². The summed E-state index contributed by atoms with van der Waals surface area (Å²) in [7, 11) is 1.97. The van der Waals surface area contributed by atoms with E-state index in [9.17, 15) is 0 Å². The van der Waals surface area contributed by atoms with Gasteiger partial charge in [0.25, 0.3) is 0 Å². The van der Waals surface area contributed by atoms with Crippen LogP contribution < -0.4 is 5.32 Å². The van der Waals surface area contributed by atoms with Gasteiger partial charge in [-0.25, -0.2) is 4.68 Å². The van der Waals surface area contributed by atoms with E-state index in [2.05, 4.69) is 45.4 Å². The minimum absolute atomic E-state index is 0.979. The van der Waals surface area contributed by atoms with E-state index >= 15 is 0 Å². The molecule has 17 heavy (non-hydrogen) atoms. The second-order valence-electron chi connectivity index (χ2n) is 4.00. The van der Waals surface area contributed by atoms with Crippen LogP contribution in [-0.2, 0) is 6.42 Å². The zero-order valence-corrected chi connectivity index (χ0v) is 11.7. The SMILES string of the molecule is CNCCc1cnn(-c2ccc(Br)cc2)c1C. The maximum absolute atomic E-state index is 4.44. The third-order valence-corrected chi connectivity index (χ3v) is 3.36. The van der Waals surface area contributed by atoms with E-state index < -0.39 is 0 Å². The second-order valence-corrected chi connectivity index (χ2v) is 4.91. The molecule has 1 heterocycles. The topological polar surface area (TPSA) is 29.9 Å². The summed E-state index contributed by atoms with van der Waals surface area (Å²) in [4.78, 5) is 0. The zero-order chi connectivity index (χ0) is 12.3. The minimum Gasteiger partial charge on any atom is -0.319 e. The molecule has 3 nitrogen and oxygen atoms in total. The van der Waals surface area contributed by atoms with Crippen molar-refractivity contribution in [2.24, 2.45) is 0 Å². The monoisotopic (exact) mass is 293 g/mol. The molecular weight excluding hydrogens is 278 g/mol. The standard InChI is InChI=1S/C13H16BrN3/c1-10-11(7-8-15-2)9-16-17(10)13-5-3-12(14)4-6-13/h3-6,9,15H,7-8H2,1-2H3. The predicted octanol–water partition coefficient (Wildman–Crippen LogP) is 2.71. The highest BCUT2D eigenvalue weighted by molar-refractivity contribution is 9.10. The Bertz CT molecular complexity index is 488. The van der Waals surface area contributed by atoms with Crippen LogP contribution in [-0.4, -0.2) is 23.4 Å². The Labute approximate surface area is 110 Å². The summed E-state index contributed by atoms with van der Waals surface area (Å²) in [6.45, 7) is 3.09. The summed E-state index contributed by atoms with van der Waals surface area (Å²) >= 11 is 3.44. The number of benzene rings is 1. The van der Waals surface area contributed by atoms with Crippen molar-refractivity contribution in [2.45, 2.75) is 13.3 Å². The van der Waals surface area contributed by atoms with Gasteiger partial charge in [0.1, 0.15) is 0 Å². The first-order valence-electron chi connectivity index (χ1n) is 5.66. The van der Waals surface area contributed by atoms with Crippen molar-refractivity contribution in [3.8, 4) is 5.69 Å². The molecule has 2 aromatic rings. The Morgan fingerprint density at radius 1 is 1.29 bits per heavy atom. The fourth-order valence-electron chi connectivity index (χ4n) is 1.79. The fourth-order valence-corrected chi connectivity index (χ4v) is 2.06. The molecule has 0 unspecified atom stereocenters. The summed E-state index contributed by atoms with van der Waals surface area (Å²) in [5.74, 6) is 0. The number of hydrogen-bond donors (Lipinski definition) is 1. The molecule has 90 valence electrons. The quantitative estimate of drug-likeness (QED) is 0.939. The van der Waals surface area contributed by atoms with Crippen LogP contribution in [0.5, 0.6) is 0 Å². The molecule has 0 fully saturated rings. The Morgan fingerprint density at radius 2 is 2.00 bits per heavy atom. The summed E-state index contributed by atoms with van der Waals surface area (Å²) in [6.07, 6.45) is 2.97. The molecule has 0 radical (unpaired) electrons. The lowest BCUT2D eigenvalue weighted by Gasteiger charge is -2.05. The van der Waals surface area contributed by atoms with Gasteiger partial charge >= 0.3 is 0 Å². The molecule has 0 aliphatic carbocycles. The van der Waals surface area contributed by atoms with Crippen LogP contribution in [0.1, 0.15) is 11.3 Å². The maximum atomic E-state index is 4.44. The van der Waals surface area contributed by atoms with Crippen molar-refractivity contribution in [3.63, 3.8) is 0 Å². The van der Waals surface area contributed by atoms with Crippen LogP contribution in [0.3, 0.4) is 0 Å². The molecule has 1 aromatic heterocycles. The molecule has 0 saturated carbocycles. The fraction of sp³-hybridized carbons (Fsp3) is 0.308. The Balaban J connectivity index is 2.27. The molecule has 2 rings (SSSR count). The van der Waals surface area contributed by atoms with Gasteiger partial charge in [0.05, 0.1) is 11.9 Å². The van der Waals surface area contributed by atoms with E-state index in [1.165, 1.54) is 11.3 Å². The number of aromatic nitrogens is 2. The largest absolute Gasteiger partial charge is 0.319 e. The van der Waals surface area contributed by atoms with Gasteiger partial charge in [-0.1, -0.05) is 15.9 Å². The van der Waals surface area contributed by atoms with Gasteiger partial charge in [-0.15, -0.1) is 0 Å². The highest BCUT2D eigenvalue weighted by Gasteiger charge is 2.07. The maximum Gasteiger partial charge on any atom is 0.0649 e. The van der Waals surface area contributed by atoms with Crippen molar-refractivity contribution in [1.82, 2.24) is 15.1 Å². The molecule has 0 aliphatic heterocycles. The third-order valence-electron chi connectivity index (χ3n) is 2.83. The van der Waals surface area contributed by atoms with Crippen molar-refractivity contribution >= 4 is 15.9 Å². The molecule has 0 spiro atoms. The van der Waals surface area contributed by atoms with Crippen LogP contribution in [0.15, 0.2) is 34.9 Å². The second kappa shape index (κ2) is 5.47. The van der Waals surface area contributed by atoms with Gasteiger partial charge in [-0.05, 0) is 56.8 Å². The number of halogens is 1. The number of nitrogens with zero attached hydrogens (tertiary/aromatic N) is 2. The summed E-state index contributed by atoms with van der Waals surface area (Å²) in [5.41, 5.74) is 3.60. The Kier molecular flexibility index (Phi) is 3.97. The molecule has 0 saturated heterocycles. The van der Waals surface area contributed by atoms with Gasteiger partial charge in [0.15, 0.2) is 0 Å². The Hall–Kier alpha value is -1.13. The molecule has 1 aromatic carbocycles. The summed E-state index contributed by atoms with van der Waals surface area (Å²) in [5, 5.41) is 7.60. The van der Waals surface area contributed by atoms with E-state index in [0.717, 1.165) is 23.1 Å². The van der Waals surface area contributed by atoms with E-state index in [0.29, 0.717) is 0 Å². The zero-order valence-electron chi connectivity index (χ0n) is 10.1. The van der Waals surface area contributed by atoms with Crippen molar-refractivity contribution in [2.75, 3.05) is 13.6 Å². The van der Waals surface area contributed by atoms with Crippen LogP contribution in [0, 0.1) is 6.92 Å². The van der Waals surface area contributed by atoms with Crippen molar-refractivity contribution in [3.05, 3.63) is 46.2 Å². The number of nitrogens with one attached hydrogen (secondary N) is 1. The first kappa shape index (κ1) is 12.3. The molecule has 0 atom stereocenters. The van der Waals surface area contributed by atoms with Gasteiger partial charge < -0.3 is 5.32 Å². The predicted molar refractivity (Wildman–Crippen MR) is 73.6 cm³/mol. The van der Waals surface area contributed by atoms with Crippen molar-refractivity contribution < 1.29 is 0 Å². The van der Waals surface area contributed by atoms with E-state index in [4.69, 9.17) is 0 Å². The van der Waals surface area contributed by atoms with E-state index in [1.807, 2.05) is 30.1 Å². The van der Waals surface area contributed by atoms with Gasteiger partial charge in [-0.2, -0.15) is 5.10 Å². The van der Waals surface area contributed by atoms with Crippen LogP contribution in [0.2, 0.25) is 0 Å². The van der Waals surface area contributed by atoms with Crippen LogP contribution >= 0.6 is 15.9 Å². The summed E-state index contributed by atoms with van der Waals surface area (Å²) < 4.78 is 3.07. The van der Waals surface area contributed by atoms with Gasteiger partial charge in [-0.3, -0.25) is 0 Å². The lowest BCUT2D eigenvalue weighted by atomic mass is 10.2. The average Bonchev–Trinajstić information content (AvgIpc) is 2.69. The Morgan fingerprint density at radius 3 is 2.65 bits per heavy atom. The third kappa shape index (κ3) is 2.76. The molecule has 0 amide bonds. The average molecular weight is 294 g/mol. The highest BCUT2D eigenvalue weighted by atomic mass is 79.9. The first-order chi connectivity index (χ1) is 8.22.